The van der Waals surface area contributed by atoms with E-state index in [2.05, 4.69) is 53.3 Å². The van der Waals surface area contributed by atoms with Crippen LogP contribution in [-0.2, 0) is 0 Å². The van der Waals surface area contributed by atoms with Crippen molar-refractivity contribution in [3.63, 3.8) is 0 Å². The molecule has 1 aliphatic heterocycles. The molecule has 23 heavy (non-hydrogen) atoms. The fourth-order valence-corrected chi connectivity index (χ4v) is 3.19. The summed E-state index contributed by atoms with van der Waals surface area (Å²) in [4.78, 5) is 11.8. The van der Waals surface area contributed by atoms with Crippen molar-refractivity contribution in [1.82, 2.24) is 9.97 Å². The highest BCUT2D eigenvalue weighted by molar-refractivity contribution is 5.63. The maximum atomic E-state index is 4.78. The van der Waals surface area contributed by atoms with Crippen LogP contribution in [0.4, 0.5) is 17.5 Å². The number of aromatic nitrogens is 2. The molecular formula is C19H26N4. The SMILES string of the molecule is Cc1cc(N2CCCCCC2)nc(Nc2c(C)cccc2C)n1. The summed E-state index contributed by atoms with van der Waals surface area (Å²) in [5, 5.41) is 3.43. The number of nitrogens with zero attached hydrogens (tertiary/aromatic N) is 3. The molecule has 0 aliphatic carbocycles. The van der Waals surface area contributed by atoms with Gasteiger partial charge in [0.15, 0.2) is 0 Å². The number of hydrogen-bond acceptors (Lipinski definition) is 4. The predicted molar refractivity (Wildman–Crippen MR) is 96.6 cm³/mol. The number of hydrogen-bond donors (Lipinski definition) is 1. The second kappa shape index (κ2) is 6.99. The summed E-state index contributed by atoms with van der Waals surface area (Å²) < 4.78 is 0. The molecule has 0 saturated carbocycles. The third kappa shape index (κ3) is 3.81. The van der Waals surface area contributed by atoms with Gasteiger partial charge in [0, 0.05) is 30.5 Å². The first-order valence-electron chi connectivity index (χ1n) is 8.57. The Hall–Kier alpha value is -2.10. The number of para-hydroxylation sites is 1. The van der Waals surface area contributed by atoms with Crippen molar-refractivity contribution in [2.24, 2.45) is 0 Å². The highest BCUT2D eigenvalue weighted by atomic mass is 15.2. The fourth-order valence-electron chi connectivity index (χ4n) is 3.19. The van der Waals surface area contributed by atoms with Gasteiger partial charge in [0.1, 0.15) is 5.82 Å². The smallest absolute Gasteiger partial charge is 0.229 e. The van der Waals surface area contributed by atoms with Crippen LogP contribution >= 0.6 is 0 Å². The van der Waals surface area contributed by atoms with Crippen LogP contribution < -0.4 is 10.2 Å². The van der Waals surface area contributed by atoms with Gasteiger partial charge in [-0.2, -0.15) is 4.98 Å². The van der Waals surface area contributed by atoms with Crippen LogP contribution in [0.5, 0.6) is 0 Å². The lowest BCUT2D eigenvalue weighted by molar-refractivity contribution is 0.726. The normalized spacial score (nSPS) is 15.3. The second-order valence-electron chi connectivity index (χ2n) is 6.48. The second-order valence-corrected chi connectivity index (χ2v) is 6.48. The molecule has 0 unspecified atom stereocenters. The fraction of sp³-hybridized carbons (Fsp3) is 0.474. The van der Waals surface area contributed by atoms with E-state index < -0.39 is 0 Å². The van der Waals surface area contributed by atoms with Crippen LogP contribution in [0, 0.1) is 20.8 Å². The van der Waals surface area contributed by atoms with Gasteiger partial charge in [-0.05, 0) is 44.7 Å². The molecule has 4 nitrogen and oxygen atoms in total. The van der Waals surface area contributed by atoms with Gasteiger partial charge in [-0.3, -0.25) is 0 Å². The molecule has 1 aromatic carbocycles. The van der Waals surface area contributed by atoms with E-state index in [0.717, 1.165) is 30.3 Å². The Balaban J connectivity index is 1.88. The number of aryl methyl sites for hydroxylation is 3. The molecule has 1 N–H and O–H groups in total. The summed E-state index contributed by atoms with van der Waals surface area (Å²) in [6.07, 6.45) is 5.16. The van der Waals surface area contributed by atoms with E-state index in [-0.39, 0.29) is 0 Å². The van der Waals surface area contributed by atoms with Crippen LogP contribution in [0.2, 0.25) is 0 Å². The third-order valence-corrected chi connectivity index (χ3v) is 4.49. The van der Waals surface area contributed by atoms with Crippen molar-refractivity contribution in [3.8, 4) is 0 Å². The highest BCUT2D eigenvalue weighted by Crippen LogP contribution is 2.25. The van der Waals surface area contributed by atoms with Crippen molar-refractivity contribution < 1.29 is 0 Å². The largest absolute Gasteiger partial charge is 0.356 e. The van der Waals surface area contributed by atoms with Gasteiger partial charge >= 0.3 is 0 Å². The molecule has 0 spiro atoms. The van der Waals surface area contributed by atoms with E-state index in [9.17, 15) is 0 Å². The first-order chi connectivity index (χ1) is 11.1. The van der Waals surface area contributed by atoms with Crippen molar-refractivity contribution >= 4 is 17.5 Å². The zero-order chi connectivity index (χ0) is 16.2. The standard InChI is InChI=1S/C19H26N4/c1-14-9-8-10-15(2)18(14)22-19-20-16(3)13-17(21-19)23-11-6-4-5-7-12-23/h8-10,13H,4-7,11-12H2,1-3H3,(H,20,21,22). The summed E-state index contributed by atoms with van der Waals surface area (Å²) in [5.74, 6) is 1.75. The van der Waals surface area contributed by atoms with Gasteiger partial charge < -0.3 is 10.2 Å². The van der Waals surface area contributed by atoms with E-state index in [1.165, 1.54) is 36.8 Å². The lowest BCUT2D eigenvalue weighted by Crippen LogP contribution is -2.25. The molecule has 3 rings (SSSR count). The zero-order valence-corrected chi connectivity index (χ0v) is 14.4. The van der Waals surface area contributed by atoms with Crippen LogP contribution in [0.15, 0.2) is 24.3 Å². The minimum Gasteiger partial charge on any atom is -0.356 e. The van der Waals surface area contributed by atoms with Gasteiger partial charge in [-0.1, -0.05) is 31.0 Å². The lowest BCUT2D eigenvalue weighted by Gasteiger charge is -2.22. The molecule has 1 saturated heterocycles. The molecule has 1 fully saturated rings. The van der Waals surface area contributed by atoms with Crippen molar-refractivity contribution in [2.45, 2.75) is 46.5 Å². The summed E-state index contributed by atoms with van der Waals surface area (Å²) in [5.41, 5.74) is 4.55. The van der Waals surface area contributed by atoms with Crippen LogP contribution in [0.3, 0.4) is 0 Å². The average Bonchev–Trinajstić information content (AvgIpc) is 2.80. The Bertz CT molecular complexity index is 653. The molecule has 1 aliphatic rings. The minimum atomic E-state index is 0.696. The van der Waals surface area contributed by atoms with E-state index in [1.54, 1.807) is 0 Å². The molecule has 0 bridgehead atoms. The molecule has 0 atom stereocenters. The summed E-state index contributed by atoms with van der Waals surface area (Å²) in [6, 6.07) is 8.40. The van der Waals surface area contributed by atoms with E-state index in [1.807, 2.05) is 6.92 Å². The first kappa shape index (κ1) is 15.8. The topological polar surface area (TPSA) is 41.1 Å². The molecular weight excluding hydrogens is 284 g/mol. The minimum absolute atomic E-state index is 0.696. The van der Waals surface area contributed by atoms with Gasteiger partial charge in [-0.25, -0.2) is 4.98 Å². The number of rotatable bonds is 3. The van der Waals surface area contributed by atoms with Gasteiger partial charge in [0.25, 0.3) is 0 Å². The Morgan fingerprint density at radius 3 is 2.22 bits per heavy atom. The van der Waals surface area contributed by atoms with E-state index in [0.29, 0.717) is 5.95 Å². The van der Waals surface area contributed by atoms with Crippen LogP contribution in [0.1, 0.15) is 42.5 Å². The molecule has 122 valence electrons. The third-order valence-electron chi connectivity index (χ3n) is 4.49. The van der Waals surface area contributed by atoms with E-state index >= 15 is 0 Å². The maximum Gasteiger partial charge on any atom is 0.229 e. The zero-order valence-electron chi connectivity index (χ0n) is 14.4. The maximum absolute atomic E-state index is 4.78. The van der Waals surface area contributed by atoms with E-state index in [4.69, 9.17) is 4.98 Å². The van der Waals surface area contributed by atoms with Crippen LogP contribution in [-0.4, -0.2) is 23.1 Å². The first-order valence-corrected chi connectivity index (χ1v) is 8.57. The summed E-state index contributed by atoms with van der Waals surface area (Å²) in [6.45, 7) is 8.46. The summed E-state index contributed by atoms with van der Waals surface area (Å²) in [7, 11) is 0. The lowest BCUT2D eigenvalue weighted by atomic mass is 10.1. The molecule has 0 radical (unpaired) electrons. The molecule has 0 amide bonds. The van der Waals surface area contributed by atoms with Crippen LogP contribution in [0.25, 0.3) is 0 Å². The highest BCUT2D eigenvalue weighted by Gasteiger charge is 2.13. The van der Waals surface area contributed by atoms with Crippen molar-refractivity contribution in [3.05, 3.63) is 41.1 Å². The Morgan fingerprint density at radius 1 is 0.913 bits per heavy atom. The van der Waals surface area contributed by atoms with Gasteiger partial charge in [0.05, 0.1) is 0 Å². The Morgan fingerprint density at radius 2 is 1.57 bits per heavy atom. The predicted octanol–water partition coefficient (Wildman–Crippen LogP) is 4.53. The van der Waals surface area contributed by atoms with Crippen molar-refractivity contribution in [1.29, 1.82) is 0 Å². The molecule has 2 aromatic rings. The number of benzene rings is 1. The number of anilines is 3. The monoisotopic (exact) mass is 310 g/mol. The Kier molecular flexibility index (Phi) is 4.79. The number of nitrogens with one attached hydrogen (secondary N) is 1. The average molecular weight is 310 g/mol. The molecule has 2 heterocycles. The molecule has 4 heteroatoms. The quantitative estimate of drug-likeness (QED) is 0.904. The summed E-state index contributed by atoms with van der Waals surface area (Å²) >= 11 is 0. The Labute approximate surface area is 139 Å². The van der Waals surface area contributed by atoms with Crippen molar-refractivity contribution in [2.75, 3.05) is 23.3 Å². The van der Waals surface area contributed by atoms with Gasteiger partial charge in [-0.15, -0.1) is 0 Å². The molecule has 1 aromatic heterocycles. The van der Waals surface area contributed by atoms with Gasteiger partial charge in [0.2, 0.25) is 5.95 Å².